The van der Waals surface area contributed by atoms with E-state index in [9.17, 15) is 4.39 Å². The summed E-state index contributed by atoms with van der Waals surface area (Å²) in [5, 5.41) is 8.22. The molecule has 0 saturated heterocycles. The normalized spacial score (nSPS) is 12.5. The van der Waals surface area contributed by atoms with Crippen LogP contribution in [0.4, 0.5) is 4.39 Å². The van der Waals surface area contributed by atoms with Crippen molar-refractivity contribution in [1.29, 1.82) is 0 Å². The Morgan fingerprint density at radius 1 is 1.16 bits per heavy atom. The molecule has 0 amide bonds. The van der Waals surface area contributed by atoms with Crippen LogP contribution in [0.2, 0.25) is 0 Å². The van der Waals surface area contributed by atoms with Crippen molar-refractivity contribution >= 4 is 0 Å². The molecule has 1 aromatic carbocycles. The van der Waals surface area contributed by atoms with Crippen LogP contribution in [0.25, 0.3) is 0 Å². The van der Waals surface area contributed by atoms with Gasteiger partial charge in [0.2, 0.25) is 0 Å². The molecule has 0 fully saturated rings. The van der Waals surface area contributed by atoms with Gasteiger partial charge in [-0.1, -0.05) is 13.0 Å². The van der Waals surface area contributed by atoms with E-state index in [0.717, 1.165) is 34.5 Å². The van der Waals surface area contributed by atoms with Crippen molar-refractivity contribution in [2.24, 2.45) is 5.73 Å². The van der Waals surface area contributed by atoms with Gasteiger partial charge >= 0.3 is 0 Å². The Labute approximate surface area is 112 Å². The van der Waals surface area contributed by atoms with E-state index in [2.05, 4.69) is 10.2 Å². The first-order valence-corrected chi connectivity index (χ1v) is 6.37. The summed E-state index contributed by atoms with van der Waals surface area (Å²) in [7, 11) is 0. The van der Waals surface area contributed by atoms with Gasteiger partial charge in [0.1, 0.15) is 5.82 Å². The van der Waals surface area contributed by atoms with E-state index in [-0.39, 0.29) is 11.9 Å². The van der Waals surface area contributed by atoms with E-state index < -0.39 is 0 Å². The highest BCUT2D eigenvalue weighted by molar-refractivity contribution is 5.38. The zero-order valence-corrected chi connectivity index (χ0v) is 11.4. The fraction of sp³-hybridized carbons (Fsp3) is 0.333. The van der Waals surface area contributed by atoms with Crippen LogP contribution >= 0.6 is 0 Å². The molecule has 2 aromatic rings. The molecular formula is C15H18FN3. The number of aromatic nitrogens is 2. The molecule has 2 N–H and O–H groups in total. The van der Waals surface area contributed by atoms with Crippen LogP contribution in [0.3, 0.4) is 0 Å². The van der Waals surface area contributed by atoms with Crippen LogP contribution in [0.1, 0.15) is 41.0 Å². The molecule has 0 aliphatic heterocycles. The Morgan fingerprint density at radius 3 is 2.58 bits per heavy atom. The molecule has 19 heavy (non-hydrogen) atoms. The maximum absolute atomic E-state index is 13.4. The maximum atomic E-state index is 13.4. The van der Waals surface area contributed by atoms with Crippen LogP contribution < -0.4 is 5.73 Å². The average molecular weight is 259 g/mol. The van der Waals surface area contributed by atoms with Gasteiger partial charge in [0.15, 0.2) is 0 Å². The van der Waals surface area contributed by atoms with Crippen molar-refractivity contribution in [3.8, 4) is 0 Å². The number of rotatable bonds is 3. The van der Waals surface area contributed by atoms with E-state index in [1.807, 2.05) is 26.8 Å². The fourth-order valence-electron chi connectivity index (χ4n) is 2.19. The molecule has 1 atom stereocenters. The Bertz CT molecular complexity index is 596. The van der Waals surface area contributed by atoms with Crippen LogP contribution in [-0.2, 0) is 6.42 Å². The third-order valence-corrected chi connectivity index (χ3v) is 3.27. The Morgan fingerprint density at radius 2 is 1.89 bits per heavy atom. The van der Waals surface area contributed by atoms with E-state index in [4.69, 9.17) is 5.73 Å². The van der Waals surface area contributed by atoms with E-state index in [0.29, 0.717) is 0 Å². The quantitative estimate of drug-likeness (QED) is 0.922. The Hall–Kier alpha value is -1.81. The largest absolute Gasteiger partial charge is 0.320 e. The lowest BCUT2D eigenvalue weighted by Crippen LogP contribution is -2.17. The van der Waals surface area contributed by atoms with Crippen molar-refractivity contribution in [1.82, 2.24) is 10.2 Å². The minimum Gasteiger partial charge on any atom is -0.320 e. The van der Waals surface area contributed by atoms with Crippen LogP contribution in [-0.4, -0.2) is 10.2 Å². The lowest BCUT2D eigenvalue weighted by molar-refractivity contribution is 0.622. The van der Waals surface area contributed by atoms with Crippen molar-refractivity contribution in [2.75, 3.05) is 0 Å². The van der Waals surface area contributed by atoms with E-state index in [1.165, 1.54) is 12.1 Å². The SMILES string of the molecule is CCc1nnc(C)cc1C(N)c1cc(F)ccc1C. The first kappa shape index (κ1) is 13.6. The predicted molar refractivity (Wildman–Crippen MR) is 73.3 cm³/mol. The van der Waals surface area contributed by atoms with Gasteiger partial charge in [0, 0.05) is 0 Å². The van der Waals surface area contributed by atoms with Gasteiger partial charge in [-0.05, 0) is 55.2 Å². The minimum atomic E-state index is -0.375. The number of hydrogen-bond acceptors (Lipinski definition) is 3. The average Bonchev–Trinajstić information content (AvgIpc) is 2.40. The van der Waals surface area contributed by atoms with Gasteiger partial charge in [-0.2, -0.15) is 10.2 Å². The lowest BCUT2D eigenvalue weighted by atomic mass is 9.94. The van der Waals surface area contributed by atoms with Gasteiger partial charge in [-0.3, -0.25) is 0 Å². The molecule has 2 rings (SSSR count). The topological polar surface area (TPSA) is 51.8 Å². The van der Waals surface area contributed by atoms with E-state index >= 15 is 0 Å². The summed E-state index contributed by atoms with van der Waals surface area (Å²) in [5.74, 6) is -0.271. The summed E-state index contributed by atoms with van der Waals surface area (Å²) < 4.78 is 13.4. The second-order valence-corrected chi connectivity index (χ2v) is 4.72. The fourth-order valence-corrected chi connectivity index (χ4v) is 2.19. The number of nitrogens with zero attached hydrogens (tertiary/aromatic N) is 2. The van der Waals surface area contributed by atoms with Crippen LogP contribution in [0.15, 0.2) is 24.3 Å². The molecule has 0 aliphatic rings. The molecule has 0 bridgehead atoms. The first-order valence-electron chi connectivity index (χ1n) is 6.37. The third-order valence-electron chi connectivity index (χ3n) is 3.27. The first-order chi connectivity index (χ1) is 9.02. The van der Waals surface area contributed by atoms with Crippen molar-refractivity contribution in [3.63, 3.8) is 0 Å². The summed E-state index contributed by atoms with van der Waals surface area (Å²) in [6, 6.07) is 6.25. The zero-order valence-electron chi connectivity index (χ0n) is 11.4. The summed E-state index contributed by atoms with van der Waals surface area (Å²) in [5.41, 5.74) is 10.7. The zero-order chi connectivity index (χ0) is 14.0. The summed E-state index contributed by atoms with van der Waals surface area (Å²) in [6.07, 6.45) is 0.755. The summed E-state index contributed by atoms with van der Waals surface area (Å²) in [4.78, 5) is 0. The predicted octanol–water partition coefficient (Wildman–Crippen LogP) is 2.84. The number of nitrogens with two attached hydrogens (primary N) is 1. The number of halogens is 1. The van der Waals surface area contributed by atoms with Crippen LogP contribution in [0, 0.1) is 19.7 Å². The molecule has 100 valence electrons. The number of benzene rings is 1. The van der Waals surface area contributed by atoms with Gasteiger partial charge < -0.3 is 5.73 Å². The lowest BCUT2D eigenvalue weighted by Gasteiger charge is -2.18. The number of hydrogen-bond donors (Lipinski definition) is 1. The molecule has 1 heterocycles. The molecule has 0 aliphatic carbocycles. The highest BCUT2D eigenvalue weighted by atomic mass is 19.1. The molecule has 3 nitrogen and oxygen atoms in total. The van der Waals surface area contributed by atoms with Crippen molar-refractivity contribution < 1.29 is 4.39 Å². The molecule has 1 unspecified atom stereocenters. The summed E-state index contributed by atoms with van der Waals surface area (Å²) in [6.45, 7) is 5.82. The second-order valence-electron chi connectivity index (χ2n) is 4.72. The van der Waals surface area contributed by atoms with E-state index in [1.54, 1.807) is 6.07 Å². The Kier molecular flexibility index (Phi) is 3.90. The maximum Gasteiger partial charge on any atom is 0.123 e. The molecule has 4 heteroatoms. The highest BCUT2D eigenvalue weighted by Crippen LogP contribution is 2.25. The molecule has 0 radical (unpaired) electrons. The van der Waals surface area contributed by atoms with Gasteiger partial charge in [0.25, 0.3) is 0 Å². The Balaban J connectivity index is 2.51. The second kappa shape index (κ2) is 5.45. The minimum absolute atomic E-state index is 0.271. The molecular weight excluding hydrogens is 241 g/mol. The standard InChI is InChI=1S/C15H18FN3/c1-4-14-13(7-10(3)18-19-14)15(17)12-8-11(16)6-5-9(12)2/h5-8,15H,4,17H2,1-3H3. The monoisotopic (exact) mass is 259 g/mol. The molecule has 0 spiro atoms. The molecule has 0 saturated carbocycles. The van der Waals surface area contributed by atoms with Crippen molar-refractivity contribution in [2.45, 2.75) is 33.2 Å². The summed E-state index contributed by atoms with van der Waals surface area (Å²) >= 11 is 0. The van der Waals surface area contributed by atoms with Gasteiger partial charge in [0.05, 0.1) is 17.4 Å². The molecule has 1 aromatic heterocycles. The van der Waals surface area contributed by atoms with Crippen LogP contribution in [0.5, 0.6) is 0 Å². The van der Waals surface area contributed by atoms with Gasteiger partial charge in [-0.25, -0.2) is 4.39 Å². The third kappa shape index (κ3) is 2.79. The van der Waals surface area contributed by atoms with Crippen molar-refractivity contribution in [3.05, 3.63) is 58.2 Å². The highest BCUT2D eigenvalue weighted by Gasteiger charge is 2.17. The van der Waals surface area contributed by atoms with Gasteiger partial charge in [-0.15, -0.1) is 0 Å². The number of aryl methyl sites for hydroxylation is 3. The smallest absolute Gasteiger partial charge is 0.123 e.